The third-order valence-electron chi connectivity index (χ3n) is 6.48. The zero-order valence-electron chi connectivity index (χ0n) is 22.4. The molecule has 4 rings (SSSR count). The number of rotatable bonds is 13. The van der Waals surface area contributed by atoms with Gasteiger partial charge in [0.1, 0.15) is 0 Å². The highest BCUT2D eigenvalue weighted by Gasteiger charge is 2.25. The maximum atomic E-state index is 13.3. The zero-order valence-corrected chi connectivity index (χ0v) is 24.0. The van der Waals surface area contributed by atoms with E-state index in [1.807, 2.05) is 31.2 Å². The van der Waals surface area contributed by atoms with Crippen LogP contribution in [0.3, 0.4) is 0 Å². The van der Waals surface area contributed by atoms with Crippen LogP contribution in [0.15, 0.2) is 107 Å². The van der Waals surface area contributed by atoms with Crippen LogP contribution in [-0.2, 0) is 24.8 Å². The normalized spacial score (nSPS) is 12.5. The molecule has 4 aromatic rings. The average molecular weight is 594 g/mol. The second-order valence-corrected chi connectivity index (χ2v) is 12.9. The van der Waals surface area contributed by atoms with E-state index in [2.05, 4.69) is 14.8 Å². The van der Waals surface area contributed by atoms with Gasteiger partial charge in [0.25, 0.3) is 15.9 Å². The van der Waals surface area contributed by atoms with E-state index in [0.29, 0.717) is 12.8 Å². The monoisotopic (exact) mass is 593 g/mol. The second-order valence-electron chi connectivity index (χ2n) is 9.43. The molecule has 0 aromatic heterocycles. The molecule has 3 N–H and O–H groups in total. The molecule has 0 fully saturated rings. The molecule has 4 aromatic carbocycles. The van der Waals surface area contributed by atoms with Gasteiger partial charge in [0, 0.05) is 0 Å². The Bertz CT molecular complexity index is 1760. The summed E-state index contributed by atoms with van der Waals surface area (Å²) in [5.74, 6) is -1.18. The van der Waals surface area contributed by atoms with Gasteiger partial charge in [-0.2, -0.15) is 0 Å². The van der Waals surface area contributed by atoms with Gasteiger partial charge in [0.05, 0.1) is 33.6 Å². The summed E-state index contributed by atoms with van der Waals surface area (Å²) in [7, 11) is -7.96. The number of unbranched alkanes of at least 4 members (excludes halogenated alkanes) is 1. The van der Waals surface area contributed by atoms with E-state index in [4.69, 9.17) is 0 Å². The number of carbonyl (C=O) groups excluding carboxylic acids is 2. The molecule has 1 unspecified atom stereocenters. The SMILES string of the molecule is CCCCC(NC(=O)c1ccccc1NS(=O)(=O)c1ccc2ccccc2c1)C(=O)CNS(=O)(=O)c1ccccc1. The van der Waals surface area contributed by atoms with Crippen LogP contribution in [0.25, 0.3) is 10.8 Å². The second kappa shape index (κ2) is 13.1. The lowest BCUT2D eigenvalue weighted by Crippen LogP contribution is -2.45. The number of hydrogen-bond donors (Lipinski definition) is 3. The highest BCUT2D eigenvalue weighted by molar-refractivity contribution is 7.92. The molecule has 0 radical (unpaired) electrons. The number of para-hydroxylation sites is 1. The van der Waals surface area contributed by atoms with E-state index >= 15 is 0 Å². The van der Waals surface area contributed by atoms with Crippen molar-refractivity contribution in [3.63, 3.8) is 0 Å². The van der Waals surface area contributed by atoms with Crippen LogP contribution < -0.4 is 14.8 Å². The first kappa shape index (κ1) is 29.9. The molecule has 0 saturated heterocycles. The number of nitrogens with one attached hydrogen (secondary N) is 3. The predicted molar refractivity (Wildman–Crippen MR) is 159 cm³/mol. The Morgan fingerprint density at radius 3 is 2.12 bits per heavy atom. The molecular formula is C30H31N3O6S2. The standard InChI is InChI=1S/C30H31N3O6S2/c1-2-3-16-28(29(34)21-31-40(36,37)24-13-5-4-6-14-24)32-30(35)26-15-9-10-17-27(26)33-41(38,39)25-19-18-22-11-7-8-12-23(22)20-25/h4-15,17-20,28,31,33H,2-3,16,21H2,1H3,(H,32,35). The number of hydrogen-bond acceptors (Lipinski definition) is 6. The summed E-state index contributed by atoms with van der Waals surface area (Å²) in [4.78, 5) is 26.4. The van der Waals surface area contributed by atoms with E-state index in [0.717, 1.165) is 17.2 Å². The molecule has 0 bridgehead atoms. The number of amides is 1. The number of Topliss-reactive ketones (excluding diaryl/α,β-unsaturated/α-hetero) is 1. The summed E-state index contributed by atoms with van der Waals surface area (Å²) in [6.07, 6.45) is 1.65. The molecule has 41 heavy (non-hydrogen) atoms. The van der Waals surface area contributed by atoms with Crippen LogP contribution in [-0.4, -0.2) is 41.1 Å². The van der Waals surface area contributed by atoms with Crippen LogP contribution in [0.2, 0.25) is 0 Å². The Balaban J connectivity index is 1.51. The fourth-order valence-corrected chi connectivity index (χ4v) is 6.37. The summed E-state index contributed by atoms with van der Waals surface area (Å²) in [5.41, 5.74) is 0.0701. The van der Waals surface area contributed by atoms with Gasteiger partial charge in [-0.15, -0.1) is 0 Å². The fraction of sp³-hybridized carbons (Fsp3) is 0.200. The van der Waals surface area contributed by atoms with Gasteiger partial charge in [0.15, 0.2) is 5.78 Å². The number of anilines is 1. The number of sulfonamides is 2. The Morgan fingerprint density at radius 1 is 0.732 bits per heavy atom. The quantitative estimate of drug-likeness (QED) is 0.209. The minimum atomic E-state index is -4.04. The third kappa shape index (κ3) is 7.57. The highest BCUT2D eigenvalue weighted by Crippen LogP contribution is 2.23. The smallest absolute Gasteiger partial charge is 0.261 e. The first-order valence-corrected chi connectivity index (χ1v) is 16.1. The summed E-state index contributed by atoms with van der Waals surface area (Å²) >= 11 is 0. The summed E-state index contributed by atoms with van der Waals surface area (Å²) < 4.78 is 56.4. The van der Waals surface area contributed by atoms with E-state index in [1.165, 1.54) is 30.3 Å². The van der Waals surface area contributed by atoms with Crippen molar-refractivity contribution in [1.29, 1.82) is 0 Å². The minimum absolute atomic E-state index is 0.0227. The van der Waals surface area contributed by atoms with Crippen molar-refractivity contribution < 1.29 is 26.4 Å². The molecule has 9 nitrogen and oxygen atoms in total. The molecule has 1 amide bonds. The van der Waals surface area contributed by atoms with Crippen molar-refractivity contribution in [2.75, 3.05) is 11.3 Å². The first-order chi connectivity index (χ1) is 19.6. The van der Waals surface area contributed by atoms with Gasteiger partial charge in [-0.3, -0.25) is 14.3 Å². The molecule has 214 valence electrons. The molecule has 0 heterocycles. The van der Waals surface area contributed by atoms with E-state index in [9.17, 15) is 26.4 Å². The van der Waals surface area contributed by atoms with Crippen molar-refractivity contribution in [2.45, 2.75) is 42.0 Å². The van der Waals surface area contributed by atoms with Gasteiger partial charge >= 0.3 is 0 Å². The molecule has 0 aliphatic heterocycles. The van der Waals surface area contributed by atoms with Crippen molar-refractivity contribution >= 4 is 48.2 Å². The van der Waals surface area contributed by atoms with Gasteiger partial charge in [0.2, 0.25) is 10.0 Å². The number of fused-ring (bicyclic) bond motifs is 1. The van der Waals surface area contributed by atoms with Crippen LogP contribution in [0, 0.1) is 0 Å². The van der Waals surface area contributed by atoms with E-state index in [-0.39, 0.29) is 21.0 Å². The van der Waals surface area contributed by atoms with Crippen LogP contribution in [0.1, 0.15) is 36.5 Å². The largest absolute Gasteiger partial charge is 0.342 e. The summed E-state index contributed by atoms with van der Waals surface area (Å²) in [6.45, 7) is 1.42. The fourth-order valence-electron chi connectivity index (χ4n) is 4.24. The third-order valence-corrected chi connectivity index (χ3v) is 9.26. The Hall–Kier alpha value is -4.06. The number of carbonyl (C=O) groups is 2. The lowest BCUT2D eigenvalue weighted by atomic mass is 10.0. The number of benzene rings is 4. The van der Waals surface area contributed by atoms with Crippen LogP contribution >= 0.6 is 0 Å². The highest BCUT2D eigenvalue weighted by atomic mass is 32.2. The van der Waals surface area contributed by atoms with Gasteiger partial charge in [-0.05, 0) is 53.6 Å². The van der Waals surface area contributed by atoms with Crippen LogP contribution in [0.4, 0.5) is 5.69 Å². The predicted octanol–water partition coefficient (Wildman–Crippen LogP) is 4.48. The molecule has 0 spiro atoms. The summed E-state index contributed by atoms with van der Waals surface area (Å²) in [6, 6.07) is 24.9. The Labute approximate surface area is 240 Å². The van der Waals surface area contributed by atoms with Gasteiger partial charge in [-0.25, -0.2) is 21.6 Å². The lowest BCUT2D eigenvalue weighted by Gasteiger charge is -2.19. The lowest BCUT2D eigenvalue weighted by molar-refractivity contribution is -0.120. The number of ketones is 1. The molecule has 1 atom stereocenters. The average Bonchev–Trinajstić information content (AvgIpc) is 2.98. The molecule has 0 aliphatic rings. The van der Waals surface area contributed by atoms with E-state index in [1.54, 1.807) is 42.5 Å². The van der Waals surface area contributed by atoms with Gasteiger partial charge in [-0.1, -0.05) is 80.4 Å². The van der Waals surface area contributed by atoms with Crippen molar-refractivity contribution in [3.05, 3.63) is 103 Å². The minimum Gasteiger partial charge on any atom is -0.342 e. The molecule has 0 aliphatic carbocycles. The van der Waals surface area contributed by atoms with E-state index < -0.39 is 44.3 Å². The zero-order chi connectivity index (χ0) is 29.5. The van der Waals surface area contributed by atoms with Crippen molar-refractivity contribution in [1.82, 2.24) is 10.0 Å². The molecular weight excluding hydrogens is 562 g/mol. The molecule has 0 saturated carbocycles. The first-order valence-electron chi connectivity index (χ1n) is 13.1. The maximum absolute atomic E-state index is 13.3. The Morgan fingerprint density at radius 2 is 1.39 bits per heavy atom. The van der Waals surface area contributed by atoms with Crippen molar-refractivity contribution in [2.24, 2.45) is 0 Å². The van der Waals surface area contributed by atoms with Gasteiger partial charge < -0.3 is 5.32 Å². The van der Waals surface area contributed by atoms with Crippen molar-refractivity contribution in [3.8, 4) is 0 Å². The van der Waals surface area contributed by atoms with Crippen LogP contribution in [0.5, 0.6) is 0 Å². The topological polar surface area (TPSA) is 139 Å². The molecule has 11 heteroatoms. The maximum Gasteiger partial charge on any atom is 0.261 e. The Kier molecular flexibility index (Phi) is 9.53. The summed E-state index contributed by atoms with van der Waals surface area (Å²) in [5, 5.41) is 4.32.